The number of benzene rings is 2. The summed E-state index contributed by atoms with van der Waals surface area (Å²) in [7, 11) is 1.61. The lowest BCUT2D eigenvalue weighted by Gasteiger charge is -2.25. The Bertz CT molecular complexity index is 1090. The van der Waals surface area contributed by atoms with Crippen LogP contribution in [0.1, 0.15) is 24.0 Å². The number of carbonyl (C=O) groups excluding carboxylic acids is 3. The summed E-state index contributed by atoms with van der Waals surface area (Å²) in [5.74, 6) is 0.0290. The van der Waals surface area contributed by atoms with Crippen molar-refractivity contribution in [1.82, 2.24) is 15.2 Å². The van der Waals surface area contributed by atoms with E-state index in [1.807, 2.05) is 54.6 Å². The monoisotopic (exact) mass is 478 g/mol. The second-order valence-electron chi connectivity index (χ2n) is 8.64. The van der Waals surface area contributed by atoms with E-state index in [1.165, 1.54) is 4.90 Å². The number of amides is 3. The second kappa shape index (κ2) is 11.6. The molecule has 0 aliphatic carbocycles. The van der Waals surface area contributed by atoms with E-state index >= 15 is 0 Å². The van der Waals surface area contributed by atoms with Gasteiger partial charge in [-0.15, -0.1) is 0 Å². The number of carbonyl (C=O) groups is 3. The molecule has 0 radical (unpaired) electrons. The van der Waals surface area contributed by atoms with Crippen LogP contribution in [0.2, 0.25) is 0 Å². The summed E-state index contributed by atoms with van der Waals surface area (Å²) in [5.41, 5.74) is 4.69. The average molecular weight is 479 g/mol. The highest BCUT2D eigenvalue weighted by atomic mass is 16.5. The van der Waals surface area contributed by atoms with E-state index in [0.29, 0.717) is 26.1 Å². The van der Waals surface area contributed by atoms with Gasteiger partial charge < -0.3 is 19.3 Å². The van der Waals surface area contributed by atoms with Crippen molar-refractivity contribution < 1.29 is 23.9 Å². The Labute approximate surface area is 204 Å². The number of rotatable bonds is 8. The molecule has 1 unspecified atom stereocenters. The van der Waals surface area contributed by atoms with Crippen LogP contribution in [0.25, 0.3) is 0 Å². The van der Waals surface area contributed by atoms with E-state index in [0.717, 1.165) is 16.9 Å². The maximum atomic E-state index is 13.1. The predicted molar refractivity (Wildman–Crippen MR) is 130 cm³/mol. The van der Waals surface area contributed by atoms with Gasteiger partial charge in [-0.05, 0) is 29.7 Å². The molecule has 2 aliphatic heterocycles. The van der Waals surface area contributed by atoms with Crippen LogP contribution in [0.4, 0.5) is 0 Å². The van der Waals surface area contributed by atoms with Gasteiger partial charge in [0.25, 0.3) is 5.91 Å². The summed E-state index contributed by atoms with van der Waals surface area (Å²) in [5, 5.41) is 3.92. The molecule has 0 saturated carbocycles. The van der Waals surface area contributed by atoms with Crippen LogP contribution >= 0.6 is 0 Å². The third-order valence-electron chi connectivity index (χ3n) is 6.10. The van der Waals surface area contributed by atoms with Gasteiger partial charge in [-0.1, -0.05) is 42.5 Å². The number of hydrogen-bond acceptors (Lipinski definition) is 6. The first kappa shape index (κ1) is 24.4. The van der Waals surface area contributed by atoms with Gasteiger partial charge in [0.2, 0.25) is 11.8 Å². The normalized spacial score (nSPS) is 18.5. The minimum atomic E-state index is -0.383. The highest BCUT2D eigenvalue weighted by Gasteiger charge is 2.33. The van der Waals surface area contributed by atoms with Gasteiger partial charge >= 0.3 is 0 Å². The Kier molecular flexibility index (Phi) is 8.10. The number of methoxy groups -OCH3 is 1. The Balaban J connectivity index is 1.48. The van der Waals surface area contributed by atoms with Gasteiger partial charge in [0.1, 0.15) is 18.0 Å². The number of hydrazone groups is 1. The van der Waals surface area contributed by atoms with E-state index in [2.05, 4.69) is 10.5 Å². The Morgan fingerprint density at radius 3 is 2.60 bits per heavy atom. The van der Waals surface area contributed by atoms with Crippen LogP contribution < -0.4 is 10.2 Å². The van der Waals surface area contributed by atoms with Crippen molar-refractivity contribution in [2.24, 2.45) is 5.10 Å². The van der Waals surface area contributed by atoms with E-state index in [1.54, 1.807) is 12.0 Å². The zero-order chi connectivity index (χ0) is 24.6. The van der Waals surface area contributed by atoms with Gasteiger partial charge in [0.15, 0.2) is 0 Å². The lowest BCUT2D eigenvalue weighted by Crippen LogP contribution is -2.45. The van der Waals surface area contributed by atoms with Crippen molar-refractivity contribution in [1.29, 1.82) is 0 Å². The fraction of sp³-hybridized carbons (Fsp3) is 0.385. The van der Waals surface area contributed by atoms with Crippen molar-refractivity contribution in [3.8, 4) is 5.75 Å². The lowest BCUT2D eigenvalue weighted by atomic mass is 10.1. The van der Waals surface area contributed by atoms with Crippen LogP contribution in [0, 0.1) is 0 Å². The molecular weight excluding hydrogens is 448 g/mol. The molecule has 1 atom stereocenters. The summed E-state index contributed by atoms with van der Waals surface area (Å²) in [6.07, 6.45) is 0.779. The third-order valence-corrected chi connectivity index (χ3v) is 6.10. The highest BCUT2D eigenvalue weighted by molar-refractivity contribution is 6.39. The van der Waals surface area contributed by atoms with Gasteiger partial charge in [-0.3, -0.25) is 14.4 Å². The molecule has 4 rings (SSSR count). The Hall–Kier alpha value is -3.72. The number of ether oxygens (including phenoxy) is 2. The van der Waals surface area contributed by atoms with Crippen LogP contribution in [-0.2, 0) is 32.1 Å². The molecule has 2 heterocycles. The van der Waals surface area contributed by atoms with Crippen molar-refractivity contribution in [2.75, 3.05) is 33.3 Å². The lowest BCUT2D eigenvalue weighted by molar-refractivity contribution is -0.135. The summed E-state index contributed by atoms with van der Waals surface area (Å²) in [6, 6.07) is 17.6. The molecule has 9 nitrogen and oxygen atoms in total. The zero-order valence-corrected chi connectivity index (χ0v) is 19.8. The molecule has 3 amide bonds. The Morgan fingerprint density at radius 1 is 1.06 bits per heavy atom. The minimum absolute atomic E-state index is 0.0559. The van der Waals surface area contributed by atoms with Gasteiger partial charge in [-0.2, -0.15) is 5.10 Å². The smallest absolute Gasteiger partial charge is 0.270 e. The fourth-order valence-electron chi connectivity index (χ4n) is 4.15. The fourth-order valence-corrected chi connectivity index (χ4v) is 4.15. The van der Waals surface area contributed by atoms with E-state index < -0.39 is 0 Å². The van der Waals surface area contributed by atoms with Gasteiger partial charge in [-0.25, -0.2) is 5.43 Å². The number of nitrogens with zero attached hydrogens (tertiary/aromatic N) is 3. The van der Waals surface area contributed by atoms with Crippen LogP contribution in [0.15, 0.2) is 59.7 Å². The highest BCUT2D eigenvalue weighted by Crippen LogP contribution is 2.17. The van der Waals surface area contributed by atoms with E-state index in [-0.39, 0.29) is 55.5 Å². The second-order valence-corrected chi connectivity index (χ2v) is 8.64. The van der Waals surface area contributed by atoms with Crippen LogP contribution in [0.5, 0.6) is 5.75 Å². The van der Waals surface area contributed by atoms with Crippen molar-refractivity contribution >= 4 is 23.4 Å². The van der Waals surface area contributed by atoms with E-state index in [4.69, 9.17) is 9.47 Å². The molecule has 1 fully saturated rings. The predicted octanol–water partition coefficient (Wildman–Crippen LogP) is 1.76. The van der Waals surface area contributed by atoms with Crippen molar-refractivity contribution in [3.63, 3.8) is 0 Å². The number of hydrogen-bond donors (Lipinski definition) is 1. The third kappa shape index (κ3) is 6.66. The molecule has 2 aromatic carbocycles. The Morgan fingerprint density at radius 2 is 1.86 bits per heavy atom. The molecule has 2 aliphatic rings. The SMILES string of the molecule is COc1cccc(COC2CN(CCc3ccccc3)C(=O)CN(C(=O)C3=NNC(=O)CC3)C2)c1. The maximum Gasteiger partial charge on any atom is 0.270 e. The van der Waals surface area contributed by atoms with Crippen LogP contribution in [-0.4, -0.2) is 72.6 Å². The molecular formula is C26H30N4O5. The molecule has 9 heteroatoms. The molecule has 0 aromatic heterocycles. The quantitative estimate of drug-likeness (QED) is 0.623. The van der Waals surface area contributed by atoms with Crippen molar-refractivity contribution in [2.45, 2.75) is 32.0 Å². The standard InChI is InChI=1S/C26H30N4O5/c1-34-21-9-5-8-20(14-21)18-35-22-15-29(13-12-19-6-3-2-4-7-19)25(32)17-30(16-22)26(33)23-10-11-24(31)28-27-23/h2-9,14,22H,10-13,15-18H2,1H3,(H,28,31). The van der Waals surface area contributed by atoms with Crippen LogP contribution in [0.3, 0.4) is 0 Å². The number of nitrogens with one attached hydrogen (secondary N) is 1. The first-order valence-corrected chi connectivity index (χ1v) is 11.7. The van der Waals surface area contributed by atoms with E-state index in [9.17, 15) is 14.4 Å². The average Bonchev–Trinajstić information content (AvgIpc) is 3.05. The summed E-state index contributed by atoms with van der Waals surface area (Å²) < 4.78 is 11.5. The molecule has 1 N–H and O–H groups in total. The first-order chi connectivity index (χ1) is 17.0. The zero-order valence-electron chi connectivity index (χ0n) is 19.8. The molecule has 0 bridgehead atoms. The maximum absolute atomic E-state index is 13.1. The van der Waals surface area contributed by atoms with Gasteiger partial charge in [0, 0.05) is 32.5 Å². The molecule has 184 valence electrons. The minimum Gasteiger partial charge on any atom is -0.497 e. The summed E-state index contributed by atoms with van der Waals surface area (Å²) >= 11 is 0. The largest absolute Gasteiger partial charge is 0.497 e. The first-order valence-electron chi connectivity index (χ1n) is 11.7. The molecule has 1 saturated heterocycles. The molecule has 0 spiro atoms. The summed E-state index contributed by atoms with van der Waals surface area (Å²) in [6.45, 7) is 1.42. The molecule has 35 heavy (non-hydrogen) atoms. The topological polar surface area (TPSA) is 101 Å². The molecule has 2 aromatic rings. The van der Waals surface area contributed by atoms with Crippen molar-refractivity contribution in [3.05, 3.63) is 65.7 Å². The summed E-state index contributed by atoms with van der Waals surface area (Å²) in [4.78, 5) is 41.0. The van der Waals surface area contributed by atoms with Gasteiger partial charge in [0.05, 0.1) is 19.8 Å².